The van der Waals surface area contributed by atoms with Crippen molar-refractivity contribution in [2.24, 2.45) is 0 Å². The number of halogens is 2. The van der Waals surface area contributed by atoms with Gasteiger partial charge in [-0.3, -0.25) is 4.79 Å². The molecule has 5 nitrogen and oxygen atoms in total. The number of aromatic nitrogens is 1. The van der Waals surface area contributed by atoms with Crippen LogP contribution in [0, 0.1) is 6.92 Å². The molecule has 3 aromatic carbocycles. The largest absolute Gasteiger partial charge is 0.480 e. The summed E-state index contributed by atoms with van der Waals surface area (Å²) in [6.45, 7) is 5.94. The van der Waals surface area contributed by atoms with Crippen molar-refractivity contribution >= 4 is 57.1 Å². The molecule has 7 heteroatoms. The number of ether oxygens (including phenoxy) is 1. The maximum Gasteiger partial charge on any atom is 0.262 e. The van der Waals surface area contributed by atoms with Crippen LogP contribution in [0.2, 0.25) is 10.0 Å². The van der Waals surface area contributed by atoms with Crippen molar-refractivity contribution in [2.45, 2.75) is 26.8 Å². The van der Waals surface area contributed by atoms with Crippen molar-refractivity contribution in [1.82, 2.24) is 4.98 Å². The zero-order valence-electron chi connectivity index (χ0n) is 19.2. The first kappa shape index (κ1) is 23.9. The minimum absolute atomic E-state index is 0.212. The number of hydrogen-bond acceptors (Lipinski definition) is 4. The van der Waals surface area contributed by atoms with Crippen LogP contribution in [0.1, 0.15) is 19.5 Å². The molecule has 1 N–H and O–H groups in total. The summed E-state index contributed by atoms with van der Waals surface area (Å²) in [5.41, 5.74) is 4.15. The van der Waals surface area contributed by atoms with Gasteiger partial charge in [0.15, 0.2) is 12.4 Å². The third kappa shape index (κ3) is 5.27. The van der Waals surface area contributed by atoms with Crippen LogP contribution in [0.4, 0.5) is 17.1 Å². The lowest BCUT2D eigenvalue weighted by Gasteiger charge is -2.29. The van der Waals surface area contributed by atoms with E-state index in [-0.39, 0.29) is 18.6 Å². The van der Waals surface area contributed by atoms with Crippen LogP contribution in [0.5, 0.6) is 5.75 Å². The fourth-order valence-corrected chi connectivity index (χ4v) is 4.37. The fraction of sp³-hybridized carbons (Fsp3) is 0.185. The van der Waals surface area contributed by atoms with Crippen LogP contribution < -0.4 is 15.0 Å². The van der Waals surface area contributed by atoms with Crippen LogP contribution >= 0.6 is 23.2 Å². The number of aryl methyl sites for hydroxylation is 1. The first-order chi connectivity index (χ1) is 16.3. The highest BCUT2D eigenvalue weighted by molar-refractivity contribution is 6.39. The van der Waals surface area contributed by atoms with Crippen LogP contribution in [0.15, 0.2) is 72.8 Å². The lowest BCUT2D eigenvalue weighted by Crippen LogP contribution is -2.25. The van der Waals surface area contributed by atoms with Crippen molar-refractivity contribution < 1.29 is 9.53 Å². The van der Waals surface area contributed by atoms with Gasteiger partial charge in [-0.25, -0.2) is 4.98 Å². The fourth-order valence-electron chi connectivity index (χ4n) is 3.80. The number of carbonyl (C=O) groups excluding carboxylic acids is 1. The Morgan fingerprint density at radius 1 is 0.971 bits per heavy atom. The van der Waals surface area contributed by atoms with Crippen LogP contribution in [0.3, 0.4) is 0 Å². The quantitative estimate of drug-likeness (QED) is 0.291. The number of benzene rings is 3. The summed E-state index contributed by atoms with van der Waals surface area (Å²) in [7, 11) is 0. The van der Waals surface area contributed by atoms with Gasteiger partial charge in [-0.05, 0) is 75.4 Å². The Bertz CT molecular complexity index is 1310. The highest BCUT2D eigenvalue weighted by Crippen LogP contribution is 2.37. The monoisotopic (exact) mass is 493 g/mol. The van der Waals surface area contributed by atoms with Crippen molar-refractivity contribution in [3.8, 4) is 5.75 Å². The molecule has 0 saturated carbocycles. The maximum atomic E-state index is 12.6. The molecule has 0 fully saturated rings. The lowest BCUT2D eigenvalue weighted by atomic mass is 10.2. The predicted molar refractivity (Wildman–Crippen MR) is 141 cm³/mol. The third-order valence-electron chi connectivity index (χ3n) is 5.30. The van der Waals surface area contributed by atoms with E-state index in [1.165, 1.54) is 0 Å². The molecule has 4 rings (SSSR count). The Kier molecular flexibility index (Phi) is 7.25. The van der Waals surface area contributed by atoms with Gasteiger partial charge in [-0.1, -0.05) is 41.4 Å². The molecule has 0 aliphatic carbocycles. The standard InChI is InChI=1S/C27H25Cl2N3O2/c1-17(2)32(20-7-5-4-6-8-20)21-12-10-19(11-13-21)31-25(33)16-34-27-24(29)15-23(28)22-14-9-18(3)30-26(22)27/h4-15,17H,16H2,1-3H3,(H,31,33). The van der Waals surface area contributed by atoms with Gasteiger partial charge in [-0.15, -0.1) is 0 Å². The summed E-state index contributed by atoms with van der Waals surface area (Å²) < 4.78 is 5.77. The molecule has 1 heterocycles. The SMILES string of the molecule is Cc1ccc2c(Cl)cc(Cl)c(OCC(=O)Nc3ccc(N(c4ccccc4)C(C)C)cc3)c2n1. The van der Waals surface area contributed by atoms with E-state index < -0.39 is 0 Å². The van der Waals surface area contributed by atoms with Gasteiger partial charge in [0, 0.05) is 34.2 Å². The number of nitrogens with zero attached hydrogens (tertiary/aromatic N) is 2. The normalized spacial score (nSPS) is 11.0. The van der Waals surface area contributed by atoms with Gasteiger partial charge >= 0.3 is 0 Å². The highest BCUT2D eigenvalue weighted by Gasteiger charge is 2.16. The number of pyridine rings is 1. The second-order valence-corrected chi connectivity index (χ2v) is 9.02. The van der Waals surface area contributed by atoms with E-state index >= 15 is 0 Å². The number of amides is 1. The van der Waals surface area contributed by atoms with Crippen LogP contribution in [-0.4, -0.2) is 23.5 Å². The molecular weight excluding hydrogens is 469 g/mol. The summed E-state index contributed by atoms with van der Waals surface area (Å²) in [6.07, 6.45) is 0. The first-order valence-electron chi connectivity index (χ1n) is 11.0. The Balaban J connectivity index is 1.46. The van der Waals surface area contributed by atoms with Crippen LogP contribution in [-0.2, 0) is 4.79 Å². The second kappa shape index (κ2) is 10.3. The van der Waals surface area contributed by atoms with E-state index in [2.05, 4.69) is 41.2 Å². The Labute approximate surface area is 209 Å². The van der Waals surface area contributed by atoms with E-state index in [4.69, 9.17) is 27.9 Å². The Morgan fingerprint density at radius 3 is 2.32 bits per heavy atom. The number of hydrogen-bond donors (Lipinski definition) is 1. The predicted octanol–water partition coefficient (Wildman–Crippen LogP) is 7.41. The van der Waals surface area contributed by atoms with Crippen molar-refractivity contribution in [3.05, 3.63) is 88.5 Å². The molecule has 0 saturated heterocycles. The molecule has 34 heavy (non-hydrogen) atoms. The van der Waals surface area contributed by atoms with Gasteiger partial charge in [-0.2, -0.15) is 0 Å². The zero-order valence-corrected chi connectivity index (χ0v) is 20.7. The summed E-state index contributed by atoms with van der Waals surface area (Å²) in [5, 5.41) is 4.37. The van der Waals surface area contributed by atoms with Gasteiger partial charge in [0.25, 0.3) is 5.91 Å². The minimum Gasteiger partial charge on any atom is -0.480 e. The smallest absolute Gasteiger partial charge is 0.262 e. The summed E-state index contributed by atoms with van der Waals surface area (Å²) in [4.78, 5) is 19.3. The minimum atomic E-state index is -0.302. The average Bonchev–Trinajstić information content (AvgIpc) is 2.80. The second-order valence-electron chi connectivity index (χ2n) is 8.20. The number of anilines is 3. The van der Waals surface area contributed by atoms with Crippen molar-refractivity contribution in [1.29, 1.82) is 0 Å². The molecule has 1 amide bonds. The van der Waals surface area contributed by atoms with E-state index in [1.807, 2.05) is 61.5 Å². The molecule has 1 aromatic heterocycles. The third-order valence-corrected chi connectivity index (χ3v) is 5.90. The summed E-state index contributed by atoms with van der Waals surface area (Å²) in [5.74, 6) is 0.0362. The van der Waals surface area contributed by atoms with E-state index in [0.717, 1.165) is 22.5 Å². The molecule has 0 atom stereocenters. The zero-order chi connectivity index (χ0) is 24.2. The van der Waals surface area contributed by atoms with Crippen LogP contribution in [0.25, 0.3) is 10.9 Å². The highest BCUT2D eigenvalue weighted by atomic mass is 35.5. The molecule has 4 aromatic rings. The molecule has 0 bridgehead atoms. The van der Waals surface area contributed by atoms with E-state index in [9.17, 15) is 4.79 Å². The van der Waals surface area contributed by atoms with E-state index in [1.54, 1.807) is 6.07 Å². The Morgan fingerprint density at radius 2 is 1.65 bits per heavy atom. The van der Waals surface area contributed by atoms with E-state index in [0.29, 0.717) is 27.0 Å². The lowest BCUT2D eigenvalue weighted by molar-refractivity contribution is -0.118. The molecule has 0 radical (unpaired) electrons. The summed E-state index contributed by atoms with van der Waals surface area (Å²) >= 11 is 12.6. The molecular formula is C27H25Cl2N3O2. The number of rotatable bonds is 7. The molecule has 174 valence electrons. The van der Waals surface area contributed by atoms with Gasteiger partial charge in [0.05, 0.1) is 10.0 Å². The molecule has 0 aliphatic heterocycles. The molecule has 0 spiro atoms. The van der Waals surface area contributed by atoms with Gasteiger partial charge in [0.2, 0.25) is 0 Å². The maximum absolute atomic E-state index is 12.6. The van der Waals surface area contributed by atoms with Crippen molar-refractivity contribution in [3.63, 3.8) is 0 Å². The summed E-state index contributed by atoms with van der Waals surface area (Å²) in [6, 6.07) is 23.5. The topological polar surface area (TPSA) is 54.5 Å². The number of carbonyl (C=O) groups is 1. The first-order valence-corrected chi connectivity index (χ1v) is 11.7. The van der Waals surface area contributed by atoms with Gasteiger partial charge in [0.1, 0.15) is 5.52 Å². The Hall–Kier alpha value is -3.28. The number of para-hydroxylation sites is 1. The number of nitrogens with one attached hydrogen (secondary N) is 1. The number of fused-ring (bicyclic) bond motifs is 1. The van der Waals surface area contributed by atoms with Gasteiger partial charge < -0.3 is 15.0 Å². The molecule has 0 unspecified atom stereocenters. The average molecular weight is 494 g/mol. The van der Waals surface area contributed by atoms with Crippen molar-refractivity contribution in [2.75, 3.05) is 16.8 Å². The molecule has 0 aliphatic rings.